The molecule has 3 rings (SSSR count). The Morgan fingerprint density at radius 2 is 2.00 bits per heavy atom. The van der Waals surface area contributed by atoms with Gasteiger partial charge >= 0.3 is 6.03 Å². The van der Waals surface area contributed by atoms with E-state index in [9.17, 15) is 9.59 Å². The van der Waals surface area contributed by atoms with Crippen molar-refractivity contribution in [1.29, 1.82) is 0 Å². The molecule has 3 amide bonds. The number of hydrogen-bond donors (Lipinski definition) is 2. The van der Waals surface area contributed by atoms with Crippen molar-refractivity contribution in [3.63, 3.8) is 0 Å². The van der Waals surface area contributed by atoms with Gasteiger partial charge in [0.1, 0.15) is 0 Å². The molecule has 7 nitrogen and oxygen atoms in total. The van der Waals surface area contributed by atoms with Crippen LogP contribution in [0.15, 0.2) is 24.3 Å². The first-order valence-electron chi connectivity index (χ1n) is 11.3. The van der Waals surface area contributed by atoms with Crippen molar-refractivity contribution in [3.05, 3.63) is 35.4 Å². The molecule has 2 aliphatic heterocycles. The Kier molecular flexibility index (Phi) is 8.51. The predicted molar refractivity (Wildman–Crippen MR) is 118 cm³/mol. The summed E-state index contributed by atoms with van der Waals surface area (Å²) in [5.74, 6) is 0.245. The molecule has 2 heterocycles. The Hall–Kier alpha value is -2.12. The summed E-state index contributed by atoms with van der Waals surface area (Å²) < 4.78 is 5.36. The van der Waals surface area contributed by atoms with Gasteiger partial charge in [0.25, 0.3) is 5.91 Å². The minimum atomic E-state index is -0.0240. The van der Waals surface area contributed by atoms with Gasteiger partial charge in [-0.15, -0.1) is 0 Å². The van der Waals surface area contributed by atoms with Gasteiger partial charge < -0.3 is 20.3 Å². The average molecular weight is 417 g/mol. The first-order chi connectivity index (χ1) is 14.5. The summed E-state index contributed by atoms with van der Waals surface area (Å²) in [4.78, 5) is 29.2. The number of hydrogen-bond acceptors (Lipinski definition) is 4. The van der Waals surface area contributed by atoms with Crippen LogP contribution in [0.5, 0.6) is 0 Å². The molecule has 7 heteroatoms. The zero-order valence-electron chi connectivity index (χ0n) is 18.4. The number of morpholine rings is 1. The second-order valence-electron chi connectivity index (χ2n) is 8.58. The fraction of sp³-hybridized carbons (Fsp3) is 0.652. The van der Waals surface area contributed by atoms with Crippen LogP contribution in [0.1, 0.15) is 54.9 Å². The molecule has 0 bridgehead atoms. The lowest BCUT2D eigenvalue weighted by Gasteiger charge is -2.33. The Morgan fingerprint density at radius 3 is 2.77 bits per heavy atom. The van der Waals surface area contributed by atoms with Gasteiger partial charge in [0.15, 0.2) is 0 Å². The zero-order chi connectivity index (χ0) is 21.3. The van der Waals surface area contributed by atoms with Crippen LogP contribution >= 0.6 is 0 Å². The maximum atomic E-state index is 12.6. The molecule has 1 aromatic rings. The number of piperidine rings is 1. The van der Waals surface area contributed by atoms with E-state index in [1.54, 1.807) is 0 Å². The van der Waals surface area contributed by atoms with Crippen LogP contribution in [0.4, 0.5) is 4.79 Å². The molecule has 2 fully saturated rings. The fourth-order valence-corrected chi connectivity index (χ4v) is 4.14. The van der Waals surface area contributed by atoms with Crippen LogP contribution in [-0.4, -0.2) is 80.3 Å². The Morgan fingerprint density at radius 1 is 1.20 bits per heavy atom. The van der Waals surface area contributed by atoms with Crippen molar-refractivity contribution in [1.82, 2.24) is 20.4 Å². The molecular weight excluding hydrogens is 380 g/mol. The van der Waals surface area contributed by atoms with Gasteiger partial charge in [-0.3, -0.25) is 9.69 Å². The first kappa shape index (κ1) is 22.6. The number of ether oxygens (including phenoxy) is 1. The van der Waals surface area contributed by atoms with Crippen molar-refractivity contribution < 1.29 is 14.3 Å². The van der Waals surface area contributed by atoms with E-state index in [-0.39, 0.29) is 23.9 Å². The lowest BCUT2D eigenvalue weighted by atomic mass is 9.89. The Labute approximate surface area is 180 Å². The van der Waals surface area contributed by atoms with E-state index < -0.39 is 0 Å². The highest BCUT2D eigenvalue weighted by atomic mass is 16.5. The van der Waals surface area contributed by atoms with E-state index in [0.717, 1.165) is 64.2 Å². The van der Waals surface area contributed by atoms with Gasteiger partial charge in [0.2, 0.25) is 0 Å². The minimum Gasteiger partial charge on any atom is -0.379 e. The summed E-state index contributed by atoms with van der Waals surface area (Å²) in [6, 6.07) is 8.02. The van der Waals surface area contributed by atoms with Crippen LogP contribution in [-0.2, 0) is 4.74 Å². The SMILES string of the molecule is CC(C)NC(=O)N1CCCC(c2cccc(C(=O)NCCCN3CCOCC3)c2)C1. The van der Waals surface area contributed by atoms with Gasteiger partial charge in [-0.25, -0.2) is 4.79 Å². The number of nitrogens with zero attached hydrogens (tertiary/aromatic N) is 2. The minimum absolute atomic E-state index is 0.00358. The number of nitrogens with one attached hydrogen (secondary N) is 2. The van der Waals surface area contributed by atoms with Gasteiger partial charge in [-0.2, -0.15) is 0 Å². The van der Waals surface area contributed by atoms with Crippen molar-refractivity contribution >= 4 is 11.9 Å². The van der Waals surface area contributed by atoms with Crippen LogP contribution in [0.2, 0.25) is 0 Å². The van der Waals surface area contributed by atoms with E-state index >= 15 is 0 Å². The fourth-order valence-electron chi connectivity index (χ4n) is 4.14. The standard InChI is InChI=1S/C23H36N4O3/c1-18(2)25-23(29)27-11-4-8-21(17-27)19-6-3-7-20(16-19)22(28)24-9-5-10-26-12-14-30-15-13-26/h3,6-7,16,18,21H,4-5,8-15,17H2,1-2H3,(H,24,28)(H,25,29). The van der Waals surface area contributed by atoms with E-state index in [0.29, 0.717) is 18.7 Å². The topological polar surface area (TPSA) is 73.9 Å². The monoisotopic (exact) mass is 416 g/mol. The summed E-state index contributed by atoms with van der Waals surface area (Å²) in [7, 11) is 0. The molecule has 2 aliphatic rings. The van der Waals surface area contributed by atoms with Gasteiger partial charge in [-0.05, 0) is 57.4 Å². The Bertz CT molecular complexity index is 703. The van der Waals surface area contributed by atoms with Gasteiger partial charge in [0.05, 0.1) is 13.2 Å². The molecule has 0 aromatic heterocycles. The van der Waals surface area contributed by atoms with Crippen molar-refractivity contribution in [2.24, 2.45) is 0 Å². The number of urea groups is 1. The van der Waals surface area contributed by atoms with E-state index in [1.165, 1.54) is 0 Å². The van der Waals surface area contributed by atoms with Crippen LogP contribution in [0, 0.1) is 0 Å². The van der Waals surface area contributed by atoms with Crippen molar-refractivity contribution in [3.8, 4) is 0 Å². The average Bonchev–Trinajstić information content (AvgIpc) is 2.77. The van der Waals surface area contributed by atoms with E-state index in [2.05, 4.69) is 21.6 Å². The molecule has 0 spiro atoms. The molecule has 1 atom stereocenters. The highest BCUT2D eigenvalue weighted by Crippen LogP contribution is 2.27. The highest BCUT2D eigenvalue weighted by Gasteiger charge is 2.25. The molecule has 2 N–H and O–H groups in total. The third-order valence-corrected chi connectivity index (χ3v) is 5.78. The number of carbonyl (C=O) groups is 2. The lowest BCUT2D eigenvalue weighted by Crippen LogP contribution is -2.47. The molecule has 1 aromatic carbocycles. The molecule has 0 radical (unpaired) electrons. The molecule has 166 valence electrons. The summed E-state index contributed by atoms with van der Waals surface area (Å²) in [5.41, 5.74) is 1.83. The number of likely N-dealkylation sites (tertiary alicyclic amines) is 1. The summed E-state index contributed by atoms with van der Waals surface area (Å²) in [6.45, 7) is 10.7. The molecule has 1 unspecified atom stereocenters. The number of benzene rings is 1. The second kappa shape index (κ2) is 11.3. The number of rotatable bonds is 7. The number of amides is 3. The molecule has 30 heavy (non-hydrogen) atoms. The normalized spacial score (nSPS) is 20.2. The zero-order valence-corrected chi connectivity index (χ0v) is 18.4. The quantitative estimate of drug-likeness (QED) is 0.670. The molecular formula is C23H36N4O3. The maximum absolute atomic E-state index is 12.6. The van der Waals surface area contributed by atoms with Crippen LogP contribution < -0.4 is 10.6 Å². The molecule has 0 saturated carbocycles. The third kappa shape index (κ3) is 6.71. The van der Waals surface area contributed by atoms with E-state index in [1.807, 2.05) is 36.9 Å². The molecule has 2 saturated heterocycles. The molecule has 0 aliphatic carbocycles. The van der Waals surface area contributed by atoms with Gasteiger partial charge in [0, 0.05) is 50.2 Å². The summed E-state index contributed by atoms with van der Waals surface area (Å²) >= 11 is 0. The predicted octanol–water partition coefficient (Wildman–Crippen LogP) is 2.44. The largest absolute Gasteiger partial charge is 0.379 e. The number of carbonyl (C=O) groups excluding carboxylic acids is 2. The third-order valence-electron chi connectivity index (χ3n) is 5.78. The van der Waals surface area contributed by atoms with Crippen LogP contribution in [0.3, 0.4) is 0 Å². The summed E-state index contributed by atoms with van der Waals surface area (Å²) in [6.07, 6.45) is 2.96. The van der Waals surface area contributed by atoms with Gasteiger partial charge in [-0.1, -0.05) is 12.1 Å². The second-order valence-corrected chi connectivity index (χ2v) is 8.58. The summed E-state index contributed by atoms with van der Waals surface area (Å²) in [5, 5.41) is 6.02. The smallest absolute Gasteiger partial charge is 0.317 e. The first-order valence-corrected chi connectivity index (χ1v) is 11.3. The van der Waals surface area contributed by atoms with Crippen molar-refractivity contribution in [2.45, 2.75) is 45.1 Å². The van der Waals surface area contributed by atoms with Crippen LogP contribution in [0.25, 0.3) is 0 Å². The van der Waals surface area contributed by atoms with E-state index in [4.69, 9.17) is 4.74 Å². The lowest BCUT2D eigenvalue weighted by molar-refractivity contribution is 0.0374. The highest BCUT2D eigenvalue weighted by molar-refractivity contribution is 5.94. The maximum Gasteiger partial charge on any atom is 0.317 e. The Balaban J connectivity index is 1.49. The van der Waals surface area contributed by atoms with Crippen molar-refractivity contribution in [2.75, 3.05) is 52.5 Å².